The molecular weight excluding hydrogens is 230 g/mol. The number of nitrogen functional groups attached to an aromatic ring is 1. The zero-order valence-electron chi connectivity index (χ0n) is 8.11. The molecule has 1 amide bonds. The van der Waals surface area contributed by atoms with Gasteiger partial charge in [-0.25, -0.2) is 0 Å². The third-order valence-electron chi connectivity index (χ3n) is 2.06. The Kier molecular flexibility index (Phi) is 2.54. The molecule has 0 bridgehead atoms. The average Bonchev–Trinajstić information content (AvgIpc) is 2.60. The van der Waals surface area contributed by atoms with E-state index in [0.29, 0.717) is 16.3 Å². The van der Waals surface area contributed by atoms with E-state index in [1.54, 1.807) is 24.3 Å². The number of hydrogen-bond donors (Lipinski definition) is 2. The van der Waals surface area contributed by atoms with Crippen LogP contribution in [0.1, 0.15) is 10.4 Å². The van der Waals surface area contributed by atoms with Crippen molar-refractivity contribution in [3.63, 3.8) is 0 Å². The van der Waals surface area contributed by atoms with E-state index in [9.17, 15) is 4.79 Å². The van der Waals surface area contributed by atoms with Gasteiger partial charge in [-0.05, 0) is 12.1 Å². The smallest absolute Gasteiger partial charge is 0.256 e. The molecule has 1 aromatic carbocycles. The molecule has 6 heteroatoms. The van der Waals surface area contributed by atoms with Gasteiger partial charge in [0.1, 0.15) is 11.3 Å². The standard InChI is InChI=1S/C10H8ClN3O2/c11-6-3-1-2-5(4-6)8-7(9(12)15)10(13)16-14-8/h1-4H,13H2,(H2,12,15). The molecule has 0 radical (unpaired) electrons. The van der Waals surface area contributed by atoms with Crippen molar-refractivity contribution in [1.29, 1.82) is 0 Å². The summed E-state index contributed by atoms with van der Waals surface area (Å²) < 4.78 is 4.74. The maximum absolute atomic E-state index is 11.2. The molecule has 0 aliphatic carbocycles. The number of carbonyl (C=O) groups is 1. The third kappa shape index (κ3) is 1.72. The van der Waals surface area contributed by atoms with Gasteiger partial charge in [-0.2, -0.15) is 0 Å². The lowest BCUT2D eigenvalue weighted by molar-refractivity contribution is 0.100. The molecule has 0 aliphatic heterocycles. The molecule has 4 N–H and O–H groups in total. The molecule has 5 nitrogen and oxygen atoms in total. The fourth-order valence-corrected chi connectivity index (χ4v) is 1.56. The van der Waals surface area contributed by atoms with Crippen molar-refractivity contribution in [3.05, 3.63) is 34.9 Å². The SMILES string of the molecule is NC(=O)c1c(-c2cccc(Cl)c2)noc1N. The third-order valence-corrected chi connectivity index (χ3v) is 2.30. The lowest BCUT2D eigenvalue weighted by Crippen LogP contribution is -2.13. The van der Waals surface area contributed by atoms with Gasteiger partial charge >= 0.3 is 0 Å². The second kappa shape index (κ2) is 3.86. The van der Waals surface area contributed by atoms with E-state index in [0.717, 1.165) is 0 Å². The van der Waals surface area contributed by atoms with Gasteiger partial charge in [0.05, 0.1) is 0 Å². The van der Waals surface area contributed by atoms with Crippen LogP contribution in [0.5, 0.6) is 0 Å². The fourth-order valence-electron chi connectivity index (χ4n) is 1.37. The van der Waals surface area contributed by atoms with Crippen molar-refractivity contribution in [1.82, 2.24) is 5.16 Å². The Morgan fingerprint density at radius 1 is 1.44 bits per heavy atom. The van der Waals surface area contributed by atoms with Crippen molar-refractivity contribution in [3.8, 4) is 11.3 Å². The van der Waals surface area contributed by atoms with Gasteiger partial charge in [0.2, 0.25) is 5.88 Å². The number of anilines is 1. The highest BCUT2D eigenvalue weighted by atomic mass is 35.5. The minimum absolute atomic E-state index is 0.0715. The zero-order chi connectivity index (χ0) is 11.7. The van der Waals surface area contributed by atoms with Crippen LogP contribution in [0.25, 0.3) is 11.3 Å². The molecule has 0 saturated carbocycles. The molecule has 0 unspecified atom stereocenters. The molecule has 1 aromatic heterocycles. The summed E-state index contributed by atoms with van der Waals surface area (Å²) in [6.45, 7) is 0. The van der Waals surface area contributed by atoms with Gasteiger partial charge in [-0.1, -0.05) is 28.9 Å². The highest BCUT2D eigenvalue weighted by Gasteiger charge is 2.20. The first-order chi connectivity index (χ1) is 7.59. The number of aromatic nitrogens is 1. The van der Waals surface area contributed by atoms with Crippen LogP contribution in [0.15, 0.2) is 28.8 Å². The Morgan fingerprint density at radius 3 is 2.81 bits per heavy atom. The topological polar surface area (TPSA) is 95.1 Å². The number of nitrogens with zero attached hydrogens (tertiary/aromatic N) is 1. The highest BCUT2D eigenvalue weighted by Crippen LogP contribution is 2.28. The lowest BCUT2D eigenvalue weighted by Gasteiger charge is -1.98. The van der Waals surface area contributed by atoms with Gasteiger partial charge in [0, 0.05) is 10.6 Å². The van der Waals surface area contributed by atoms with Crippen LogP contribution in [-0.2, 0) is 0 Å². The van der Waals surface area contributed by atoms with Crippen molar-refractivity contribution < 1.29 is 9.32 Å². The first-order valence-corrected chi connectivity index (χ1v) is 4.78. The highest BCUT2D eigenvalue weighted by molar-refractivity contribution is 6.30. The first-order valence-electron chi connectivity index (χ1n) is 4.40. The van der Waals surface area contributed by atoms with Crippen molar-refractivity contribution in [2.45, 2.75) is 0 Å². The normalized spacial score (nSPS) is 10.3. The number of halogens is 1. The Balaban J connectivity index is 2.60. The predicted molar refractivity (Wildman–Crippen MR) is 59.9 cm³/mol. The second-order valence-electron chi connectivity index (χ2n) is 3.15. The summed E-state index contributed by atoms with van der Waals surface area (Å²) in [4.78, 5) is 11.2. The van der Waals surface area contributed by atoms with Gasteiger partial charge in [-0.3, -0.25) is 4.79 Å². The summed E-state index contributed by atoms with van der Waals surface area (Å²) in [5.74, 6) is -0.781. The van der Waals surface area contributed by atoms with E-state index < -0.39 is 5.91 Å². The van der Waals surface area contributed by atoms with Crippen LogP contribution >= 0.6 is 11.6 Å². The molecule has 0 atom stereocenters. The van der Waals surface area contributed by atoms with Gasteiger partial charge in [0.15, 0.2) is 0 Å². The van der Waals surface area contributed by atoms with Gasteiger partial charge in [0.25, 0.3) is 5.91 Å². The molecule has 0 saturated heterocycles. The number of benzene rings is 1. The lowest BCUT2D eigenvalue weighted by atomic mass is 10.1. The molecule has 0 aliphatic rings. The second-order valence-corrected chi connectivity index (χ2v) is 3.58. The van der Waals surface area contributed by atoms with E-state index in [1.807, 2.05) is 0 Å². The molecular formula is C10H8ClN3O2. The van der Waals surface area contributed by atoms with Crippen LogP contribution in [0.3, 0.4) is 0 Å². The quantitative estimate of drug-likeness (QED) is 0.831. The van der Waals surface area contributed by atoms with Gasteiger partial charge in [-0.15, -0.1) is 0 Å². The maximum Gasteiger partial charge on any atom is 0.256 e. The monoisotopic (exact) mass is 237 g/mol. The number of nitrogens with two attached hydrogens (primary N) is 2. The molecule has 2 aromatic rings. The maximum atomic E-state index is 11.2. The summed E-state index contributed by atoms with van der Waals surface area (Å²) >= 11 is 5.83. The Bertz CT molecular complexity index is 551. The Morgan fingerprint density at radius 2 is 2.19 bits per heavy atom. The first kappa shape index (κ1) is 10.5. The number of hydrogen-bond acceptors (Lipinski definition) is 4. The minimum atomic E-state index is -0.686. The summed E-state index contributed by atoms with van der Waals surface area (Å²) in [5, 5.41) is 4.21. The molecule has 0 fully saturated rings. The Hall–Kier alpha value is -2.01. The van der Waals surface area contributed by atoms with Crippen molar-refractivity contribution in [2.75, 3.05) is 5.73 Å². The van der Waals surface area contributed by atoms with E-state index in [-0.39, 0.29) is 11.4 Å². The summed E-state index contributed by atoms with van der Waals surface area (Å²) in [7, 11) is 0. The number of carbonyl (C=O) groups excluding carboxylic acids is 1. The number of rotatable bonds is 2. The Labute approximate surface area is 96.0 Å². The molecule has 0 spiro atoms. The molecule has 1 heterocycles. The van der Waals surface area contributed by atoms with Crippen LogP contribution < -0.4 is 11.5 Å². The zero-order valence-corrected chi connectivity index (χ0v) is 8.86. The van der Waals surface area contributed by atoms with E-state index >= 15 is 0 Å². The molecule has 82 valence electrons. The van der Waals surface area contributed by atoms with Crippen molar-refractivity contribution >= 4 is 23.4 Å². The minimum Gasteiger partial charge on any atom is -0.367 e. The van der Waals surface area contributed by atoms with Crippen LogP contribution in [0, 0.1) is 0 Å². The van der Waals surface area contributed by atoms with Crippen LogP contribution in [-0.4, -0.2) is 11.1 Å². The van der Waals surface area contributed by atoms with E-state index in [1.165, 1.54) is 0 Å². The summed E-state index contributed by atoms with van der Waals surface area (Å²) in [5.41, 5.74) is 11.6. The molecule has 2 rings (SSSR count). The predicted octanol–water partition coefficient (Wildman–Crippen LogP) is 1.68. The average molecular weight is 238 g/mol. The van der Waals surface area contributed by atoms with Gasteiger partial charge < -0.3 is 16.0 Å². The fraction of sp³-hybridized carbons (Fsp3) is 0. The molecule has 16 heavy (non-hydrogen) atoms. The summed E-state index contributed by atoms with van der Waals surface area (Å²) in [6.07, 6.45) is 0. The number of amides is 1. The van der Waals surface area contributed by atoms with Crippen molar-refractivity contribution in [2.24, 2.45) is 5.73 Å². The summed E-state index contributed by atoms with van der Waals surface area (Å²) in [6, 6.07) is 6.81. The van der Waals surface area contributed by atoms with Crippen LogP contribution in [0.2, 0.25) is 5.02 Å². The van der Waals surface area contributed by atoms with E-state index in [2.05, 4.69) is 5.16 Å². The number of primary amides is 1. The van der Waals surface area contributed by atoms with Crippen LogP contribution in [0.4, 0.5) is 5.88 Å². The largest absolute Gasteiger partial charge is 0.367 e. The van der Waals surface area contributed by atoms with E-state index in [4.69, 9.17) is 27.6 Å².